The van der Waals surface area contributed by atoms with Gasteiger partial charge in [-0.3, -0.25) is 14.7 Å². The number of aromatic amines is 1. The number of nitrogens with zero attached hydrogens (tertiary/aromatic N) is 2. The minimum absolute atomic E-state index is 0.122. The first kappa shape index (κ1) is 11.1. The molecule has 7 nitrogen and oxygen atoms in total. The van der Waals surface area contributed by atoms with Crippen molar-refractivity contribution in [3.63, 3.8) is 0 Å². The van der Waals surface area contributed by atoms with E-state index in [1.807, 2.05) is 0 Å². The Morgan fingerprint density at radius 3 is 2.32 bits per heavy atom. The molecule has 94 valence electrons. The lowest BCUT2D eigenvalue weighted by molar-refractivity contribution is -0.0584. The second-order valence-electron chi connectivity index (χ2n) is 3.82. The zero-order valence-corrected chi connectivity index (χ0v) is 9.49. The zero-order chi connectivity index (χ0) is 13.4. The summed E-state index contributed by atoms with van der Waals surface area (Å²) in [6.07, 6.45) is 2.54. The Labute approximate surface area is 106 Å². The number of aromatic nitrogens is 2. The van der Waals surface area contributed by atoms with Crippen molar-refractivity contribution in [3.8, 4) is 0 Å². The summed E-state index contributed by atoms with van der Waals surface area (Å²) in [5.41, 5.74) is 0.552. The third-order valence-electron chi connectivity index (χ3n) is 2.66. The molecular formula is C12H7N3O4. The molecule has 2 aromatic rings. The van der Waals surface area contributed by atoms with Crippen LogP contribution in [-0.2, 0) is 4.84 Å². The number of fused-ring (bicyclic) bond motifs is 1. The van der Waals surface area contributed by atoms with E-state index in [2.05, 4.69) is 10.2 Å². The summed E-state index contributed by atoms with van der Waals surface area (Å²) in [6.45, 7) is 0. The number of carbonyl (C=O) groups excluding carboxylic acids is 3. The highest BCUT2D eigenvalue weighted by atomic mass is 16.7. The summed E-state index contributed by atoms with van der Waals surface area (Å²) in [5.74, 6) is -2.14. The second-order valence-corrected chi connectivity index (χ2v) is 3.82. The Bertz CT molecular complexity index is 643. The first-order valence-electron chi connectivity index (χ1n) is 5.37. The van der Waals surface area contributed by atoms with Crippen LogP contribution >= 0.6 is 0 Å². The van der Waals surface area contributed by atoms with Gasteiger partial charge in [-0.2, -0.15) is 5.10 Å². The molecule has 1 aromatic heterocycles. The van der Waals surface area contributed by atoms with Gasteiger partial charge in [0.1, 0.15) is 0 Å². The maximum Gasteiger partial charge on any atom is 0.367 e. The van der Waals surface area contributed by atoms with Crippen LogP contribution in [0.15, 0.2) is 36.7 Å². The molecule has 0 unspecified atom stereocenters. The summed E-state index contributed by atoms with van der Waals surface area (Å²) in [6, 6.07) is 6.26. The van der Waals surface area contributed by atoms with E-state index in [0.717, 1.165) is 0 Å². The molecule has 1 aliphatic heterocycles. The van der Waals surface area contributed by atoms with Gasteiger partial charge in [0.2, 0.25) is 0 Å². The van der Waals surface area contributed by atoms with Crippen molar-refractivity contribution in [3.05, 3.63) is 53.3 Å². The summed E-state index contributed by atoms with van der Waals surface area (Å²) in [4.78, 5) is 40.3. The largest absolute Gasteiger partial charge is 0.367 e. The molecule has 19 heavy (non-hydrogen) atoms. The molecule has 0 aliphatic carbocycles. The number of H-pyrrole nitrogens is 1. The van der Waals surface area contributed by atoms with Gasteiger partial charge in [-0.25, -0.2) is 4.79 Å². The Hall–Kier alpha value is -2.96. The first-order chi connectivity index (χ1) is 9.18. The molecule has 0 fully saturated rings. The van der Waals surface area contributed by atoms with Crippen molar-refractivity contribution in [2.24, 2.45) is 0 Å². The van der Waals surface area contributed by atoms with Crippen LogP contribution in [0, 0.1) is 0 Å². The lowest BCUT2D eigenvalue weighted by Crippen LogP contribution is -2.32. The highest BCUT2D eigenvalue weighted by molar-refractivity contribution is 6.21. The van der Waals surface area contributed by atoms with Crippen LogP contribution in [0.5, 0.6) is 0 Å². The van der Waals surface area contributed by atoms with Gasteiger partial charge < -0.3 is 4.84 Å². The molecule has 7 heteroatoms. The molecular weight excluding hydrogens is 250 g/mol. The van der Waals surface area contributed by atoms with Crippen LogP contribution in [0.1, 0.15) is 31.1 Å². The molecule has 0 saturated carbocycles. The van der Waals surface area contributed by atoms with Crippen LogP contribution in [0.25, 0.3) is 0 Å². The molecule has 0 saturated heterocycles. The van der Waals surface area contributed by atoms with Crippen molar-refractivity contribution in [1.82, 2.24) is 15.3 Å². The van der Waals surface area contributed by atoms with Crippen molar-refractivity contribution < 1.29 is 19.2 Å². The summed E-state index contributed by atoms with van der Waals surface area (Å²) in [5, 5.41) is 6.48. The highest BCUT2D eigenvalue weighted by Crippen LogP contribution is 2.23. The number of amides is 2. The molecule has 0 bridgehead atoms. The average Bonchev–Trinajstić information content (AvgIpc) is 3.03. The number of hydroxylamine groups is 2. The van der Waals surface area contributed by atoms with Gasteiger partial charge in [0.15, 0.2) is 0 Å². The molecule has 0 spiro atoms. The molecule has 0 radical (unpaired) electrons. The lowest BCUT2D eigenvalue weighted by Gasteiger charge is -2.11. The minimum Gasteiger partial charge on any atom is -0.324 e. The van der Waals surface area contributed by atoms with E-state index in [4.69, 9.17) is 4.84 Å². The number of benzene rings is 1. The number of imide groups is 1. The number of nitrogens with one attached hydrogen (secondary N) is 1. The normalized spacial score (nSPS) is 13.6. The average molecular weight is 257 g/mol. The van der Waals surface area contributed by atoms with E-state index in [1.165, 1.54) is 24.5 Å². The monoisotopic (exact) mass is 257 g/mol. The second kappa shape index (κ2) is 4.05. The summed E-state index contributed by atoms with van der Waals surface area (Å²) < 4.78 is 0. The van der Waals surface area contributed by atoms with Crippen LogP contribution in [-0.4, -0.2) is 33.0 Å². The molecule has 0 atom stereocenters. The Balaban J connectivity index is 1.87. The molecule has 1 N–H and O–H groups in total. The highest BCUT2D eigenvalue weighted by Gasteiger charge is 2.38. The van der Waals surface area contributed by atoms with E-state index in [1.54, 1.807) is 12.1 Å². The Morgan fingerprint density at radius 2 is 1.79 bits per heavy atom. The standard InChI is InChI=1S/C12H7N3O4/c16-10-8-3-1-2-4-9(8)11(17)15(10)19-12(18)7-5-13-14-6-7/h1-6H,(H,13,14). The fourth-order valence-corrected chi connectivity index (χ4v) is 1.75. The third-order valence-corrected chi connectivity index (χ3v) is 2.66. The van der Waals surface area contributed by atoms with E-state index in [-0.39, 0.29) is 16.7 Å². The van der Waals surface area contributed by atoms with E-state index in [9.17, 15) is 14.4 Å². The Kier molecular flexibility index (Phi) is 2.38. The molecule has 3 rings (SSSR count). The van der Waals surface area contributed by atoms with Gasteiger partial charge in [-0.1, -0.05) is 17.2 Å². The smallest absolute Gasteiger partial charge is 0.324 e. The summed E-state index contributed by atoms with van der Waals surface area (Å²) in [7, 11) is 0. The molecule has 1 aliphatic rings. The van der Waals surface area contributed by atoms with Crippen LogP contribution in [0.2, 0.25) is 0 Å². The number of hydrogen-bond acceptors (Lipinski definition) is 5. The zero-order valence-electron chi connectivity index (χ0n) is 9.49. The Morgan fingerprint density at radius 1 is 1.16 bits per heavy atom. The van der Waals surface area contributed by atoms with Gasteiger partial charge in [0.05, 0.1) is 22.9 Å². The van der Waals surface area contributed by atoms with Crippen molar-refractivity contribution in [1.29, 1.82) is 0 Å². The molecule has 2 amide bonds. The van der Waals surface area contributed by atoms with Gasteiger partial charge in [-0.05, 0) is 12.1 Å². The number of rotatable bonds is 2. The van der Waals surface area contributed by atoms with Gasteiger partial charge in [0, 0.05) is 6.20 Å². The molecule has 2 heterocycles. The van der Waals surface area contributed by atoms with Gasteiger partial charge in [-0.15, -0.1) is 0 Å². The van der Waals surface area contributed by atoms with E-state index in [0.29, 0.717) is 5.06 Å². The lowest BCUT2D eigenvalue weighted by atomic mass is 10.1. The van der Waals surface area contributed by atoms with Crippen molar-refractivity contribution in [2.75, 3.05) is 0 Å². The predicted octanol–water partition coefficient (Wildman–Crippen LogP) is 0.778. The van der Waals surface area contributed by atoms with Crippen molar-refractivity contribution >= 4 is 17.8 Å². The number of carbonyl (C=O) groups is 3. The van der Waals surface area contributed by atoms with Crippen LogP contribution < -0.4 is 0 Å². The minimum atomic E-state index is -0.830. The summed E-state index contributed by atoms with van der Waals surface area (Å²) >= 11 is 0. The third kappa shape index (κ3) is 1.68. The van der Waals surface area contributed by atoms with Crippen molar-refractivity contribution in [2.45, 2.75) is 0 Å². The fourth-order valence-electron chi connectivity index (χ4n) is 1.75. The quantitative estimate of drug-likeness (QED) is 0.802. The maximum absolute atomic E-state index is 11.9. The van der Waals surface area contributed by atoms with Gasteiger partial charge in [0.25, 0.3) is 11.8 Å². The predicted molar refractivity (Wildman–Crippen MR) is 60.9 cm³/mol. The fraction of sp³-hybridized carbons (Fsp3) is 0. The van der Waals surface area contributed by atoms with E-state index < -0.39 is 17.8 Å². The number of hydrogen-bond donors (Lipinski definition) is 1. The SMILES string of the molecule is O=C(ON1C(=O)c2ccccc2C1=O)c1cn[nH]c1. The van der Waals surface area contributed by atoms with Gasteiger partial charge >= 0.3 is 5.97 Å². The first-order valence-corrected chi connectivity index (χ1v) is 5.37. The van der Waals surface area contributed by atoms with E-state index >= 15 is 0 Å². The molecule has 1 aromatic carbocycles. The van der Waals surface area contributed by atoms with Crippen LogP contribution in [0.4, 0.5) is 0 Å². The maximum atomic E-state index is 11.9. The van der Waals surface area contributed by atoms with Crippen LogP contribution in [0.3, 0.4) is 0 Å². The topological polar surface area (TPSA) is 92.4 Å².